The van der Waals surface area contributed by atoms with Crippen molar-refractivity contribution in [2.24, 2.45) is 0 Å². The standard InChI is InChI=1S/C16H25BrN2O2/c1-4-7-21-16-14(17)8-12(9-15(16)20-3)10-18-13-5-6-19(2)11-13/h8-9,13,18H,4-7,10-11H2,1-3H3. The molecular weight excluding hydrogens is 332 g/mol. The Kier molecular flexibility index (Phi) is 6.33. The van der Waals surface area contributed by atoms with E-state index < -0.39 is 0 Å². The molecule has 1 unspecified atom stereocenters. The van der Waals surface area contributed by atoms with Crippen LogP contribution in [-0.4, -0.2) is 44.8 Å². The fourth-order valence-corrected chi connectivity index (χ4v) is 3.19. The highest BCUT2D eigenvalue weighted by Crippen LogP contribution is 2.36. The van der Waals surface area contributed by atoms with Gasteiger partial charge in [-0.15, -0.1) is 0 Å². The van der Waals surface area contributed by atoms with Crippen LogP contribution in [0.15, 0.2) is 16.6 Å². The molecule has 5 heteroatoms. The summed E-state index contributed by atoms with van der Waals surface area (Å²) in [4.78, 5) is 2.36. The van der Waals surface area contributed by atoms with Crippen molar-refractivity contribution in [1.29, 1.82) is 0 Å². The number of nitrogens with zero attached hydrogens (tertiary/aromatic N) is 1. The average molecular weight is 357 g/mol. The lowest BCUT2D eigenvalue weighted by atomic mass is 10.1. The van der Waals surface area contributed by atoms with Crippen LogP contribution in [0.5, 0.6) is 11.5 Å². The number of likely N-dealkylation sites (tertiary alicyclic amines) is 1. The van der Waals surface area contributed by atoms with E-state index in [1.165, 1.54) is 18.5 Å². The lowest BCUT2D eigenvalue weighted by Gasteiger charge is -2.16. The number of hydrogen-bond donors (Lipinski definition) is 1. The van der Waals surface area contributed by atoms with Gasteiger partial charge in [0.15, 0.2) is 11.5 Å². The Hall–Kier alpha value is -0.780. The fraction of sp³-hybridized carbons (Fsp3) is 0.625. The summed E-state index contributed by atoms with van der Waals surface area (Å²) in [5.74, 6) is 1.59. The SMILES string of the molecule is CCCOc1c(Br)cc(CNC2CCN(C)C2)cc1OC. The quantitative estimate of drug-likeness (QED) is 0.813. The van der Waals surface area contributed by atoms with Gasteiger partial charge < -0.3 is 19.7 Å². The van der Waals surface area contributed by atoms with Crippen LogP contribution in [0.25, 0.3) is 0 Å². The molecule has 0 aliphatic carbocycles. The first-order chi connectivity index (χ1) is 10.1. The molecule has 1 aromatic carbocycles. The minimum absolute atomic E-state index is 0.579. The molecule has 1 aliphatic heterocycles. The Balaban J connectivity index is 2.01. The third kappa shape index (κ3) is 4.59. The molecule has 1 atom stereocenters. The first kappa shape index (κ1) is 16.6. The van der Waals surface area contributed by atoms with Gasteiger partial charge in [0.2, 0.25) is 0 Å². The molecule has 4 nitrogen and oxygen atoms in total. The smallest absolute Gasteiger partial charge is 0.175 e. The lowest BCUT2D eigenvalue weighted by molar-refractivity contribution is 0.292. The van der Waals surface area contributed by atoms with Gasteiger partial charge in [-0.1, -0.05) is 6.92 Å². The topological polar surface area (TPSA) is 33.7 Å². The summed E-state index contributed by atoms with van der Waals surface area (Å²) in [6.45, 7) is 5.93. The fourth-order valence-electron chi connectivity index (χ4n) is 2.58. The van der Waals surface area contributed by atoms with E-state index >= 15 is 0 Å². The normalized spacial score (nSPS) is 19.0. The number of nitrogens with one attached hydrogen (secondary N) is 1. The van der Waals surface area contributed by atoms with Crippen molar-refractivity contribution in [3.05, 3.63) is 22.2 Å². The van der Waals surface area contributed by atoms with Gasteiger partial charge in [0.25, 0.3) is 0 Å². The summed E-state index contributed by atoms with van der Waals surface area (Å²) in [5, 5.41) is 3.61. The second-order valence-corrected chi connectivity index (χ2v) is 6.44. The van der Waals surface area contributed by atoms with Gasteiger partial charge in [-0.2, -0.15) is 0 Å². The predicted octanol–water partition coefficient (Wildman–Crippen LogP) is 3.04. The highest BCUT2D eigenvalue weighted by atomic mass is 79.9. The number of halogens is 1. The zero-order valence-electron chi connectivity index (χ0n) is 13.1. The van der Waals surface area contributed by atoms with E-state index in [-0.39, 0.29) is 0 Å². The first-order valence-electron chi connectivity index (χ1n) is 7.55. The van der Waals surface area contributed by atoms with E-state index in [1.54, 1.807) is 7.11 Å². The molecule has 1 saturated heterocycles. The van der Waals surface area contributed by atoms with Gasteiger partial charge in [-0.3, -0.25) is 0 Å². The molecule has 0 radical (unpaired) electrons. The second-order valence-electron chi connectivity index (χ2n) is 5.59. The van der Waals surface area contributed by atoms with E-state index in [0.29, 0.717) is 12.6 Å². The number of hydrogen-bond acceptors (Lipinski definition) is 4. The summed E-state index contributed by atoms with van der Waals surface area (Å²) < 4.78 is 12.2. The highest BCUT2D eigenvalue weighted by Gasteiger charge is 2.19. The molecule has 0 amide bonds. The second kappa shape index (κ2) is 8.01. The first-order valence-corrected chi connectivity index (χ1v) is 8.34. The van der Waals surface area contributed by atoms with Gasteiger partial charge in [-0.25, -0.2) is 0 Å². The maximum Gasteiger partial charge on any atom is 0.175 e. The zero-order chi connectivity index (χ0) is 15.2. The highest BCUT2D eigenvalue weighted by molar-refractivity contribution is 9.10. The Morgan fingerprint density at radius 2 is 2.24 bits per heavy atom. The average Bonchev–Trinajstić information content (AvgIpc) is 2.89. The Labute approximate surface area is 135 Å². The molecular formula is C16H25BrN2O2. The monoisotopic (exact) mass is 356 g/mol. The van der Waals surface area contributed by atoms with Crippen molar-refractivity contribution in [3.8, 4) is 11.5 Å². The van der Waals surface area contributed by atoms with E-state index in [1.807, 2.05) is 0 Å². The van der Waals surface area contributed by atoms with Crippen LogP contribution in [-0.2, 0) is 6.54 Å². The van der Waals surface area contributed by atoms with E-state index in [0.717, 1.165) is 35.5 Å². The van der Waals surface area contributed by atoms with Gasteiger partial charge in [-0.05, 0) is 60.1 Å². The van der Waals surface area contributed by atoms with Gasteiger partial charge >= 0.3 is 0 Å². The Morgan fingerprint density at radius 3 is 2.86 bits per heavy atom. The molecule has 21 heavy (non-hydrogen) atoms. The third-order valence-corrected chi connectivity index (χ3v) is 4.31. The van der Waals surface area contributed by atoms with Gasteiger partial charge in [0.05, 0.1) is 18.2 Å². The largest absolute Gasteiger partial charge is 0.493 e. The molecule has 1 aliphatic rings. The van der Waals surface area contributed by atoms with E-state index in [4.69, 9.17) is 9.47 Å². The maximum absolute atomic E-state index is 5.76. The maximum atomic E-state index is 5.76. The van der Waals surface area contributed by atoms with Crippen LogP contribution in [0.2, 0.25) is 0 Å². The molecule has 0 saturated carbocycles. The summed E-state index contributed by atoms with van der Waals surface area (Å²) >= 11 is 3.59. The van der Waals surface area contributed by atoms with Crippen molar-refractivity contribution in [2.45, 2.75) is 32.4 Å². The summed E-state index contributed by atoms with van der Waals surface area (Å²) in [6, 6.07) is 4.75. The zero-order valence-corrected chi connectivity index (χ0v) is 14.7. The number of methoxy groups -OCH3 is 1. The summed E-state index contributed by atoms with van der Waals surface area (Å²) in [7, 11) is 3.85. The Bertz CT molecular complexity index is 468. The predicted molar refractivity (Wildman–Crippen MR) is 89.2 cm³/mol. The third-order valence-electron chi connectivity index (χ3n) is 3.73. The number of benzene rings is 1. The number of likely N-dealkylation sites (N-methyl/N-ethyl adjacent to an activating group) is 1. The summed E-state index contributed by atoms with van der Waals surface area (Å²) in [6.07, 6.45) is 2.20. The van der Waals surface area contributed by atoms with Crippen LogP contribution in [0.1, 0.15) is 25.3 Å². The molecule has 0 spiro atoms. The van der Waals surface area contributed by atoms with Gasteiger partial charge in [0, 0.05) is 19.1 Å². The van der Waals surface area contributed by atoms with Crippen LogP contribution in [0.4, 0.5) is 0 Å². The van der Waals surface area contributed by atoms with Gasteiger partial charge in [0.1, 0.15) is 0 Å². The van der Waals surface area contributed by atoms with Crippen molar-refractivity contribution in [1.82, 2.24) is 10.2 Å². The Morgan fingerprint density at radius 1 is 1.43 bits per heavy atom. The molecule has 1 N–H and O–H groups in total. The van der Waals surface area contributed by atoms with Crippen molar-refractivity contribution in [3.63, 3.8) is 0 Å². The number of rotatable bonds is 7. The van der Waals surface area contributed by atoms with Crippen molar-refractivity contribution in [2.75, 3.05) is 33.9 Å². The van der Waals surface area contributed by atoms with E-state index in [2.05, 4.69) is 52.3 Å². The van der Waals surface area contributed by atoms with Crippen LogP contribution in [0.3, 0.4) is 0 Å². The molecule has 0 aromatic heterocycles. The minimum atomic E-state index is 0.579. The van der Waals surface area contributed by atoms with Crippen molar-refractivity contribution >= 4 is 15.9 Å². The lowest BCUT2D eigenvalue weighted by Crippen LogP contribution is -2.30. The molecule has 1 aromatic rings. The van der Waals surface area contributed by atoms with Crippen LogP contribution in [0, 0.1) is 0 Å². The molecule has 0 bridgehead atoms. The summed E-state index contributed by atoms with van der Waals surface area (Å²) in [5.41, 5.74) is 1.21. The van der Waals surface area contributed by atoms with Crippen LogP contribution < -0.4 is 14.8 Å². The number of ether oxygens (including phenoxy) is 2. The molecule has 1 heterocycles. The molecule has 118 valence electrons. The minimum Gasteiger partial charge on any atom is -0.493 e. The molecule has 1 fully saturated rings. The van der Waals surface area contributed by atoms with Crippen molar-refractivity contribution < 1.29 is 9.47 Å². The van der Waals surface area contributed by atoms with Crippen LogP contribution >= 0.6 is 15.9 Å². The van der Waals surface area contributed by atoms with E-state index in [9.17, 15) is 0 Å². The molecule has 2 rings (SSSR count).